The third kappa shape index (κ3) is 3.93. The van der Waals surface area contributed by atoms with Crippen LogP contribution in [-0.4, -0.2) is 0 Å². The molecule has 27 heavy (non-hydrogen) atoms. The van der Waals surface area contributed by atoms with Crippen LogP contribution >= 0.6 is 0 Å². The summed E-state index contributed by atoms with van der Waals surface area (Å²) in [5.41, 5.74) is 4.42. The summed E-state index contributed by atoms with van der Waals surface area (Å²) in [5.74, 6) is 6.88. The molecule has 0 spiro atoms. The van der Waals surface area contributed by atoms with Gasteiger partial charge in [0, 0.05) is 11.1 Å². The number of aryl methyl sites for hydroxylation is 1. The van der Waals surface area contributed by atoms with Crippen molar-refractivity contribution in [1.82, 2.24) is 0 Å². The number of fused-ring (bicyclic) bond motifs is 3. The van der Waals surface area contributed by atoms with Crippen LogP contribution in [0.2, 0.25) is 0 Å². The maximum atomic E-state index is 13.3. The minimum Gasteiger partial charge on any atom is -0.204 e. The highest BCUT2D eigenvalue weighted by Crippen LogP contribution is 2.47. The molecule has 0 N–H and O–H groups in total. The Morgan fingerprint density at radius 2 is 1.70 bits per heavy atom. The summed E-state index contributed by atoms with van der Waals surface area (Å²) in [7, 11) is 0. The zero-order chi connectivity index (χ0) is 18.8. The maximum absolute atomic E-state index is 13.3. The first kappa shape index (κ1) is 18.2. The molecule has 3 unspecified atom stereocenters. The van der Waals surface area contributed by atoms with E-state index in [2.05, 4.69) is 37.0 Å². The highest BCUT2D eigenvalue weighted by atomic mass is 19.2. The monoisotopic (exact) mass is 364 g/mol. The molecular weight excluding hydrogens is 338 g/mol. The molecule has 0 bridgehead atoms. The molecule has 1 saturated carbocycles. The van der Waals surface area contributed by atoms with Gasteiger partial charge in [-0.05, 0) is 91.3 Å². The second kappa shape index (κ2) is 7.85. The first-order valence-corrected chi connectivity index (χ1v) is 10.2. The van der Waals surface area contributed by atoms with Crippen molar-refractivity contribution in [1.29, 1.82) is 0 Å². The summed E-state index contributed by atoms with van der Waals surface area (Å²) in [6.45, 7) is 2.30. The summed E-state index contributed by atoms with van der Waals surface area (Å²) in [6, 6.07) is 10.4. The van der Waals surface area contributed by atoms with Crippen LogP contribution in [-0.2, 0) is 6.42 Å². The van der Waals surface area contributed by atoms with Gasteiger partial charge in [0.05, 0.1) is 0 Å². The highest BCUT2D eigenvalue weighted by Gasteiger charge is 2.34. The second-order valence-corrected chi connectivity index (χ2v) is 8.17. The molecule has 3 atom stereocenters. The number of halogens is 2. The van der Waals surface area contributed by atoms with Crippen molar-refractivity contribution >= 4 is 0 Å². The standard InChI is InChI=1S/C25H26F2/c1-2-3-17-6-11-22-20(14-17)9-10-21-15-18(7-12-23(21)22)4-5-19-8-13-24(26)25(27)16-19/h7-8,12-13,15-17,20,22H,2-3,6,9-11,14H2,1H3. The summed E-state index contributed by atoms with van der Waals surface area (Å²) in [4.78, 5) is 0. The van der Waals surface area contributed by atoms with E-state index in [0.29, 0.717) is 5.56 Å². The molecule has 0 amide bonds. The van der Waals surface area contributed by atoms with Crippen LogP contribution in [0.3, 0.4) is 0 Å². The Balaban J connectivity index is 1.52. The molecule has 0 aliphatic heterocycles. The summed E-state index contributed by atoms with van der Waals surface area (Å²) >= 11 is 0. The molecule has 0 aromatic heterocycles. The first-order valence-electron chi connectivity index (χ1n) is 10.2. The fraction of sp³-hybridized carbons (Fsp3) is 0.440. The minimum atomic E-state index is -0.850. The van der Waals surface area contributed by atoms with E-state index in [1.165, 1.54) is 55.7 Å². The van der Waals surface area contributed by atoms with Gasteiger partial charge in [0.15, 0.2) is 11.6 Å². The van der Waals surface area contributed by atoms with Gasteiger partial charge in [-0.15, -0.1) is 0 Å². The molecule has 2 aliphatic carbocycles. The number of rotatable bonds is 2. The van der Waals surface area contributed by atoms with Crippen LogP contribution < -0.4 is 0 Å². The number of hydrogen-bond donors (Lipinski definition) is 0. The third-order valence-corrected chi connectivity index (χ3v) is 6.39. The zero-order valence-corrected chi connectivity index (χ0v) is 15.9. The fourth-order valence-electron chi connectivity index (χ4n) is 5.08. The molecular formula is C25H26F2. The zero-order valence-electron chi connectivity index (χ0n) is 15.9. The normalized spacial score (nSPS) is 23.7. The summed E-state index contributed by atoms with van der Waals surface area (Å²) in [5, 5.41) is 0. The largest absolute Gasteiger partial charge is 0.204 e. The molecule has 0 nitrogen and oxygen atoms in total. The van der Waals surface area contributed by atoms with Gasteiger partial charge in [-0.3, -0.25) is 0 Å². The molecule has 140 valence electrons. The minimum absolute atomic E-state index is 0.501. The van der Waals surface area contributed by atoms with Gasteiger partial charge in [0.1, 0.15) is 0 Å². The van der Waals surface area contributed by atoms with Gasteiger partial charge in [0.2, 0.25) is 0 Å². The molecule has 2 aromatic rings. The average molecular weight is 364 g/mol. The van der Waals surface area contributed by atoms with E-state index >= 15 is 0 Å². The molecule has 4 rings (SSSR count). The Hall–Kier alpha value is -2.14. The average Bonchev–Trinajstić information content (AvgIpc) is 2.68. The Morgan fingerprint density at radius 1 is 0.926 bits per heavy atom. The topological polar surface area (TPSA) is 0 Å². The molecule has 2 aromatic carbocycles. The van der Waals surface area contributed by atoms with Crippen LogP contribution in [0.25, 0.3) is 0 Å². The van der Waals surface area contributed by atoms with Crippen LogP contribution in [0.15, 0.2) is 36.4 Å². The van der Waals surface area contributed by atoms with E-state index in [1.807, 2.05) is 0 Å². The SMILES string of the molecule is CCCC1CCC2c3ccc(C#Cc4ccc(F)c(F)c4)cc3CCC2C1. The van der Waals surface area contributed by atoms with Crippen molar-refractivity contribution in [2.75, 3.05) is 0 Å². The Kier molecular flexibility index (Phi) is 5.30. The van der Waals surface area contributed by atoms with Crippen molar-refractivity contribution in [2.24, 2.45) is 11.8 Å². The van der Waals surface area contributed by atoms with E-state index in [4.69, 9.17) is 0 Å². The second-order valence-electron chi connectivity index (χ2n) is 8.17. The third-order valence-electron chi connectivity index (χ3n) is 6.39. The van der Waals surface area contributed by atoms with Gasteiger partial charge in [0.25, 0.3) is 0 Å². The van der Waals surface area contributed by atoms with Gasteiger partial charge in [-0.1, -0.05) is 37.7 Å². The van der Waals surface area contributed by atoms with Crippen LogP contribution in [0, 0.1) is 35.3 Å². The number of hydrogen-bond acceptors (Lipinski definition) is 0. The van der Waals surface area contributed by atoms with Gasteiger partial charge in [-0.2, -0.15) is 0 Å². The van der Waals surface area contributed by atoms with Gasteiger partial charge >= 0.3 is 0 Å². The molecule has 1 fully saturated rings. The fourth-order valence-corrected chi connectivity index (χ4v) is 5.08. The van der Waals surface area contributed by atoms with E-state index in [1.54, 1.807) is 0 Å². The Labute approximate surface area is 161 Å². The van der Waals surface area contributed by atoms with Crippen molar-refractivity contribution in [3.05, 3.63) is 70.3 Å². The molecule has 2 aliphatic rings. The van der Waals surface area contributed by atoms with Crippen molar-refractivity contribution in [3.8, 4) is 11.8 Å². The van der Waals surface area contributed by atoms with E-state index < -0.39 is 11.6 Å². The van der Waals surface area contributed by atoms with Gasteiger partial charge < -0.3 is 0 Å². The molecule has 0 heterocycles. The molecule has 0 saturated heterocycles. The van der Waals surface area contributed by atoms with Crippen LogP contribution in [0.4, 0.5) is 8.78 Å². The first-order chi connectivity index (χ1) is 13.1. The lowest BCUT2D eigenvalue weighted by Gasteiger charge is -2.40. The predicted octanol–water partition coefficient (Wildman–Crippen LogP) is 6.61. The van der Waals surface area contributed by atoms with Crippen LogP contribution in [0.1, 0.15) is 73.6 Å². The smallest absolute Gasteiger partial charge is 0.160 e. The lowest BCUT2D eigenvalue weighted by molar-refractivity contribution is 0.201. The summed E-state index contributed by atoms with van der Waals surface area (Å²) in [6.07, 6.45) is 9.20. The maximum Gasteiger partial charge on any atom is 0.160 e. The Bertz CT molecular complexity index is 887. The quantitative estimate of drug-likeness (QED) is 0.526. The predicted molar refractivity (Wildman–Crippen MR) is 106 cm³/mol. The van der Waals surface area contributed by atoms with E-state index in [-0.39, 0.29) is 0 Å². The van der Waals surface area contributed by atoms with Crippen molar-refractivity contribution in [3.63, 3.8) is 0 Å². The molecule has 0 radical (unpaired) electrons. The Morgan fingerprint density at radius 3 is 2.48 bits per heavy atom. The number of benzene rings is 2. The van der Waals surface area contributed by atoms with E-state index in [0.717, 1.165) is 41.9 Å². The van der Waals surface area contributed by atoms with Crippen molar-refractivity contribution < 1.29 is 8.78 Å². The van der Waals surface area contributed by atoms with Gasteiger partial charge in [-0.25, -0.2) is 8.78 Å². The lowest BCUT2D eigenvalue weighted by atomic mass is 9.64. The van der Waals surface area contributed by atoms with Crippen molar-refractivity contribution in [2.45, 2.75) is 57.8 Å². The molecule has 2 heteroatoms. The summed E-state index contributed by atoms with van der Waals surface area (Å²) < 4.78 is 26.4. The lowest BCUT2D eigenvalue weighted by Crippen LogP contribution is -2.28. The van der Waals surface area contributed by atoms with E-state index in [9.17, 15) is 8.78 Å². The van der Waals surface area contributed by atoms with Crippen LogP contribution in [0.5, 0.6) is 0 Å². The highest BCUT2D eigenvalue weighted by molar-refractivity contribution is 5.47.